The van der Waals surface area contributed by atoms with Crippen LogP contribution in [0, 0.1) is 3.57 Å². The van der Waals surface area contributed by atoms with Crippen molar-refractivity contribution >= 4 is 40.2 Å². The van der Waals surface area contributed by atoms with Crippen molar-refractivity contribution in [1.29, 1.82) is 0 Å². The summed E-state index contributed by atoms with van der Waals surface area (Å²) >= 11 is 7.12. The normalized spacial score (nSPS) is 10.6. The van der Waals surface area contributed by atoms with Gasteiger partial charge in [-0.15, -0.1) is 0 Å². The molecular weight excluding hydrogens is 330 g/mol. The van der Waals surface area contributed by atoms with E-state index in [4.69, 9.17) is 16.7 Å². The number of hydrogen-bond acceptors (Lipinski definition) is 2. The third-order valence-electron chi connectivity index (χ3n) is 1.42. The lowest BCUT2D eigenvalue weighted by atomic mass is 10.2. The number of alkyl halides is 2. The third kappa shape index (κ3) is 2.11. The zero-order valence-corrected chi connectivity index (χ0v) is 9.38. The van der Waals surface area contributed by atoms with Crippen LogP contribution in [0.3, 0.4) is 0 Å². The molecule has 3 nitrogen and oxygen atoms in total. The number of aromatic carboxylic acids is 1. The molecule has 0 spiro atoms. The SMILES string of the molecule is O=C(O)c1cnc(C(F)F)c(Cl)c1I. The third-order valence-corrected chi connectivity index (χ3v) is 3.25. The summed E-state index contributed by atoms with van der Waals surface area (Å²) in [6.07, 6.45) is -1.93. The number of carboxylic acid groups (broad SMARTS) is 1. The summed E-state index contributed by atoms with van der Waals surface area (Å²) < 4.78 is 24.6. The first kappa shape index (κ1) is 11.6. The second-order valence-electron chi connectivity index (χ2n) is 2.29. The fourth-order valence-electron chi connectivity index (χ4n) is 0.779. The van der Waals surface area contributed by atoms with Crippen molar-refractivity contribution in [3.8, 4) is 0 Å². The molecule has 1 aromatic heterocycles. The van der Waals surface area contributed by atoms with Crippen LogP contribution in [-0.4, -0.2) is 16.1 Å². The summed E-state index contributed by atoms with van der Waals surface area (Å²) in [4.78, 5) is 13.9. The van der Waals surface area contributed by atoms with Crippen LogP contribution >= 0.6 is 34.2 Å². The van der Waals surface area contributed by atoms with E-state index >= 15 is 0 Å². The number of carboxylic acids is 1. The number of rotatable bonds is 2. The highest BCUT2D eigenvalue weighted by Crippen LogP contribution is 2.30. The fraction of sp³-hybridized carbons (Fsp3) is 0.143. The molecule has 0 aliphatic rings. The maximum absolute atomic E-state index is 12.2. The predicted molar refractivity (Wildman–Crippen MR) is 53.9 cm³/mol. The van der Waals surface area contributed by atoms with E-state index < -0.39 is 18.1 Å². The highest BCUT2D eigenvalue weighted by molar-refractivity contribution is 14.1. The van der Waals surface area contributed by atoms with Crippen LogP contribution < -0.4 is 0 Å². The van der Waals surface area contributed by atoms with E-state index in [9.17, 15) is 13.6 Å². The first-order valence-corrected chi connectivity index (χ1v) is 4.76. The van der Waals surface area contributed by atoms with E-state index in [1.807, 2.05) is 0 Å². The minimum absolute atomic E-state index is 0.0714. The van der Waals surface area contributed by atoms with Gasteiger partial charge in [-0.25, -0.2) is 13.6 Å². The van der Waals surface area contributed by atoms with E-state index in [2.05, 4.69) is 4.98 Å². The van der Waals surface area contributed by atoms with Crippen molar-refractivity contribution in [2.45, 2.75) is 6.43 Å². The molecule has 1 N–H and O–H groups in total. The fourth-order valence-corrected chi connectivity index (χ4v) is 1.66. The van der Waals surface area contributed by atoms with Crippen molar-refractivity contribution in [3.63, 3.8) is 0 Å². The van der Waals surface area contributed by atoms with E-state index in [0.717, 1.165) is 6.20 Å². The monoisotopic (exact) mass is 333 g/mol. The zero-order valence-electron chi connectivity index (χ0n) is 6.47. The maximum Gasteiger partial charge on any atom is 0.338 e. The molecule has 0 atom stereocenters. The van der Waals surface area contributed by atoms with Crippen molar-refractivity contribution in [2.75, 3.05) is 0 Å². The molecule has 0 aliphatic heterocycles. The van der Waals surface area contributed by atoms with Gasteiger partial charge in [0.05, 0.1) is 10.6 Å². The molecule has 0 unspecified atom stereocenters. The highest BCUT2D eigenvalue weighted by atomic mass is 127. The lowest BCUT2D eigenvalue weighted by molar-refractivity contribution is 0.0694. The number of hydrogen-bond donors (Lipinski definition) is 1. The summed E-state index contributed by atoms with van der Waals surface area (Å²) in [5.41, 5.74) is -0.777. The van der Waals surface area contributed by atoms with Crippen LogP contribution in [0.25, 0.3) is 0 Å². The molecular formula is C7H3ClF2INO2. The Kier molecular flexibility index (Phi) is 3.59. The molecule has 14 heavy (non-hydrogen) atoms. The van der Waals surface area contributed by atoms with Gasteiger partial charge in [0.2, 0.25) is 0 Å². The van der Waals surface area contributed by atoms with Crippen molar-refractivity contribution in [3.05, 3.63) is 26.0 Å². The Balaban J connectivity index is 3.33. The Labute approximate surface area is 96.2 Å². The van der Waals surface area contributed by atoms with Crippen LogP contribution in [0.2, 0.25) is 5.02 Å². The maximum atomic E-state index is 12.2. The Morgan fingerprint density at radius 1 is 1.64 bits per heavy atom. The molecule has 0 bridgehead atoms. The standard InChI is InChI=1S/C7H3ClF2INO2/c8-3-4(11)2(7(13)14)1-12-5(3)6(9)10/h1,6H,(H,13,14). The van der Waals surface area contributed by atoms with Gasteiger partial charge in [-0.05, 0) is 22.6 Å². The molecule has 1 heterocycles. The number of pyridine rings is 1. The lowest BCUT2D eigenvalue weighted by Gasteiger charge is -2.05. The van der Waals surface area contributed by atoms with Gasteiger partial charge in [-0.1, -0.05) is 11.6 Å². The summed E-state index contributed by atoms with van der Waals surface area (Å²) in [5.74, 6) is -1.25. The number of halogens is 4. The van der Waals surface area contributed by atoms with Gasteiger partial charge < -0.3 is 5.11 Å². The Morgan fingerprint density at radius 2 is 2.21 bits per heavy atom. The number of aromatic nitrogens is 1. The zero-order chi connectivity index (χ0) is 10.9. The average Bonchev–Trinajstić information content (AvgIpc) is 2.08. The van der Waals surface area contributed by atoms with Gasteiger partial charge in [0.25, 0.3) is 6.43 Å². The van der Waals surface area contributed by atoms with E-state index in [-0.39, 0.29) is 14.2 Å². The minimum atomic E-state index is -2.81. The summed E-state index contributed by atoms with van der Waals surface area (Å²) in [6, 6.07) is 0. The molecule has 0 fully saturated rings. The summed E-state index contributed by atoms with van der Waals surface area (Å²) in [6.45, 7) is 0. The summed E-state index contributed by atoms with van der Waals surface area (Å²) in [7, 11) is 0. The molecule has 7 heteroatoms. The van der Waals surface area contributed by atoms with Crippen LogP contribution in [-0.2, 0) is 0 Å². The van der Waals surface area contributed by atoms with Gasteiger partial charge >= 0.3 is 5.97 Å². The molecule has 0 radical (unpaired) electrons. The number of nitrogens with zero attached hydrogens (tertiary/aromatic N) is 1. The largest absolute Gasteiger partial charge is 0.478 e. The highest BCUT2D eigenvalue weighted by Gasteiger charge is 2.20. The molecule has 1 aromatic rings. The smallest absolute Gasteiger partial charge is 0.338 e. The Morgan fingerprint density at radius 3 is 2.64 bits per heavy atom. The van der Waals surface area contributed by atoms with Gasteiger partial charge in [-0.3, -0.25) is 4.98 Å². The second-order valence-corrected chi connectivity index (χ2v) is 3.75. The molecule has 0 saturated heterocycles. The first-order chi connectivity index (χ1) is 6.45. The second kappa shape index (κ2) is 4.35. The van der Waals surface area contributed by atoms with E-state index in [0.29, 0.717) is 0 Å². The predicted octanol–water partition coefficient (Wildman–Crippen LogP) is 2.98. The van der Waals surface area contributed by atoms with Gasteiger partial charge in [0, 0.05) is 9.77 Å². The molecule has 76 valence electrons. The molecule has 1 rings (SSSR count). The van der Waals surface area contributed by atoms with Crippen LogP contribution in [0.1, 0.15) is 22.5 Å². The van der Waals surface area contributed by atoms with Crippen LogP contribution in [0.4, 0.5) is 8.78 Å². The van der Waals surface area contributed by atoms with E-state index in [1.54, 1.807) is 22.6 Å². The van der Waals surface area contributed by atoms with Crippen LogP contribution in [0.5, 0.6) is 0 Å². The first-order valence-electron chi connectivity index (χ1n) is 3.30. The number of carbonyl (C=O) groups is 1. The lowest BCUT2D eigenvalue weighted by Crippen LogP contribution is -2.04. The molecule has 0 amide bonds. The molecule has 0 aromatic carbocycles. The minimum Gasteiger partial charge on any atom is -0.478 e. The van der Waals surface area contributed by atoms with Crippen molar-refractivity contribution in [2.24, 2.45) is 0 Å². The summed E-state index contributed by atoms with van der Waals surface area (Å²) in [5, 5.41) is 8.32. The molecule has 0 saturated carbocycles. The van der Waals surface area contributed by atoms with Gasteiger partial charge in [-0.2, -0.15) is 0 Å². The Hall–Kier alpha value is -0.500. The van der Waals surface area contributed by atoms with Crippen LogP contribution in [0.15, 0.2) is 6.20 Å². The van der Waals surface area contributed by atoms with Gasteiger partial charge in [0.1, 0.15) is 5.69 Å². The average molecular weight is 333 g/mol. The van der Waals surface area contributed by atoms with Gasteiger partial charge in [0.15, 0.2) is 0 Å². The van der Waals surface area contributed by atoms with E-state index in [1.165, 1.54) is 0 Å². The van der Waals surface area contributed by atoms with Crippen molar-refractivity contribution < 1.29 is 18.7 Å². The molecule has 0 aliphatic carbocycles. The Bertz CT molecular complexity index is 386. The van der Waals surface area contributed by atoms with Crippen molar-refractivity contribution in [1.82, 2.24) is 4.98 Å². The topological polar surface area (TPSA) is 50.2 Å². The quantitative estimate of drug-likeness (QED) is 0.847.